The molecule has 1 aliphatic rings. The molecule has 1 fully saturated rings. The maximum atomic E-state index is 13.1. The molecule has 2 aromatic carbocycles. The number of esters is 2. The van der Waals surface area contributed by atoms with E-state index in [9.17, 15) is 22.8 Å². The van der Waals surface area contributed by atoms with E-state index < -0.39 is 28.0 Å². The van der Waals surface area contributed by atoms with E-state index in [1.807, 2.05) is 6.07 Å². The molecule has 0 spiro atoms. The van der Waals surface area contributed by atoms with E-state index in [4.69, 9.17) is 0 Å². The molecule has 170 valence electrons. The van der Waals surface area contributed by atoms with Gasteiger partial charge in [-0.2, -0.15) is 0 Å². The van der Waals surface area contributed by atoms with Crippen molar-refractivity contribution in [3.8, 4) is 0 Å². The SMILES string of the molecule is COC(=O)c1cc(C(=O)OC)cc(S(=O)(=O)NC2CCCN(C(=O)c3ccccc3)C2)c1. The summed E-state index contributed by atoms with van der Waals surface area (Å²) in [6, 6.07) is 11.7. The lowest BCUT2D eigenvalue weighted by atomic mass is 10.1. The molecule has 1 N–H and O–H groups in total. The van der Waals surface area contributed by atoms with Crippen LogP contribution in [0.4, 0.5) is 0 Å². The highest BCUT2D eigenvalue weighted by atomic mass is 32.2. The normalized spacial score (nSPS) is 16.3. The molecule has 1 atom stereocenters. The van der Waals surface area contributed by atoms with Crippen LogP contribution in [0.5, 0.6) is 0 Å². The summed E-state index contributed by atoms with van der Waals surface area (Å²) in [4.78, 5) is 38.0. The van der Waals surface area contributed by atoms with Gasteiger partial charge in [-0.25, -0.2) is 22.7 Å². The Labute approximate surface area is 186 Å². The van der Waals surface area contributed by atoms with Crippen LogP contribution in [0.2, 0.25) is 0 Å². The highest BCUT2D eigenvalue weighted by Gasteiger charge is 2.29. The molecule has 10 heteroatoms. The van der Waals surface area contributed by atoms with Crippen LogP contribution in [0.15, 0.2) is 53.4 Å². The third-order valence-corrected chi connectivity index (χ3v) is 6.61. The molecule has 0 saturated carbocycles. The third kappa shape index (κ3) is 5.32. The molecule has 1 amide bonds. The van der Waals surface area contributed by atoms with E-state index in [1.165, 1.54) is 6.07 Å². The highest BCUT2D eigenvalue weighted by molar-refractivity contribution is 7.89. The molecule has 1 heterocycles. The largest absolute Gasteiger partial charge is 0.465 e. The quantitative estimate of drug-likeness (QED) is 0.654. The van der Waals surface area contributed by atoms with Crippen molar-refractivity contribution in [2.75, 3.05) is 27.3 Å². The topological polar surface area (TPSA) is 119 Å². The Morgan fingerprint density at radius 3 is 2.09 bits per heavy atom. The molecular weight excluding hydrogens is 436 g/mol. The summed E-state index contributed by atoms with van der Waals surface area (Å²) in [6.45, 7) is 0.726. The predicted octanol–water partition coefficient (Wildman–Crippen LogP) is 1.84. The van der Waals surface area contributed by atoms with Gasteiger partial charge in [0.2, 0.25) is 10.0 Å². The van der Waals surface area contributed by atoms with Crippen LogP contribution in [-0.2, 0) is 19.5 Å². The second-order valence-corrected chi connectivity index (χ2v) is 9.02. The molecule has 9 nitrogen and oxygen atoms in total. The van der Waals surface area contributed by atoms with Crippen LogP contribution in [0.3, 0.4) is 0 Å². The van der Waals surface area contributed by atoms with E-state index in [-0.39, 0.29) is 28.5 Å². The van der Waals surface area contributed by atoms with E-state index in [0.29, 0.717) is 24.9 Å². The second kappa shape index (κ2) is 9.92. The summed E-state index contributed by atoms with van der Waals surface area (Å²) >= 11 is 0. The Morgan fingerprint density at radius 1 is 0.938 bits per heavy atom. The van der Waals surface area contributed by atoms with Gasteiger partial charge in [0.1, 0.15) is 0 Å². The zero-order valence-electron chi connectivity index (χ0n) is 17.7. The molecule has 1 saturated heterocycles. The van der Waals surface area contributed by atoms with Crippen molar-refractivity contribution < 1.29 is 32.3 Å². The first-order valence-corrected chi connectivity index (χ1v) is 11.4. The molecular formula is C22H24N2O7S. The van der Waals surface area contributed by atoms with Crippen molar-refractivity contribution in [2.45, 2.75) is 23.8 Å². The van der Waals surface area contributed by atoms with Crippen LogP contribution in [0.25, 0.3) is 0 Å². The summed E-state index contributed by atoms with van der Waals surface area (Å²) in [7, 11) is -1.80. The minimum Gasteiger partial charge on any atom is -0.465 e. The van der Waals surface area contributed by atoms with Crippen LogP contribution in [-0.4, -0.2) is 64.5 Å². The van der Waals surface area contributed by atoms with Gasteiger partial charge in [-0.05, 0) is 43.2 Å². The third-order valence-electron chi connectivity index (χ3n) is 5.11. The monoisotopic (exact) mass is 460 g/mol. The number of benzene rings is 2. The highest BCUT2D eigenvalue weighted by Crippen LogP contribution is 2.20. The fraction of sp³-hybridized carbons (Fsp3) is 0.318. The number of rotatable bonds is 6. The summed E-state index contributed by atoms with van der Waals surface area (Å²) in [5.41, 5.74) is 0.338. The van der Waals surface area contributed by atoms with Gasteiger partial charge in [0, 0.05) is 24.7 Å². The smallest absolute Gasteiger partial charge is 0.337 e. The number of sulfonamides is 1. The maximum Gasteiger partial charge on any atom is 0.337 e. The minimum absolute atomic E-state index is 0.0969. The van der Waals surface area contributed by atoms with Crippen molar-refractivity contribution in [1.29, 1.82) is 0 Å². The number of ether oxygens (including phenoxy) is 2. The standard InChI is InChI=1S/C22H24N2O7S/c1-30-21(26)16-11-17(22(27)31-2)13-19(12-16)32(28,29)23-18-9-6-10-24(14-18)20(25)15-7-4-3-5-8-15/h3-5,7-8,11-13,18,23H,6,9-10,14H2,1-2H3. The molecule has 0 bridgehead atoms. The number of likely N-dealkylation sites (tertiary alicyclic amines) is 1. The van der Waals surface area contributed by atoms with Gasteiger partial charge < -0.3 is 14.4 Å². The van der Waals surface area contributed by atoms with Crippen molar-refractivity contribution in [1.82, 2.24) is 9.62 Å². The lowest BCUT2D eigenvalue weighted by molar-refractivity contribution is 0.0597. The molecule has 1 unspecified atom stereocenters. The molecule has 2 aromatic rings. The molecule has 0 radical (unpaired) electrons. The van der Waals surface area contributed by atoms with Gasteiger partial charge in [0.25, 0.3) is 5.91 Å². The molecule has 0 aromatic heterocycles. The number of nitrogens with one attached hydrogen (secondary N) is 1. The number of amides is 1. The number of hydrogen-bond acceptors (Lipinski definition) is 7. The summed E-state index contributed by atoms with van der Waals surface area (Å²) in [5.74, 6) is -1.75. The van der Waals surface area contributed by atoms with Gasteiger partial charge in [0.15, 0.2) is 0 Å². The van der Waals surface area contributed by atoms with E-state index in [0.717, 1.165) is 26.4 Å². The van der Waals surface area contributed by atoms with Crippen molar-refractivity contribution in [2.24, 2.45) is 0 Å². The Hall–Kier alpha value is -3.24. The minimum atomic E-state index is -4.11. The Morgan fingerprint density at radius 2 is 1.53 bits per heavy atom. The van der Waals surface area contributed by atoms with Crippen molar-refractivity contribution in [3.05, 3.63) is 65.2 Å². The molecule has 3 rings (SSSR count). The first-order chi connectivity index (χ1) is 15.2. The van der Waals surface area contributed by atoms with Crippen molar-refractivity contribution in [3.63, 3.8) is 0 Å². The molecule has 32 heavy (non-hydrogen) atoms. The Kier molecular flexibility index (Phi) is 7.26. The second-order valence-electron chi connectivity index (χ2n) is 7.31. The number of carbonyl (C=O) groups is 3. The predicted molar refractivity (Wildman–Crippen MR) is 115 cm³/mol. The summed E-state index contributed by atoms with van der Waals surface area (Å²) in [5, 5.41) is 0. The van der Waals surface area contributed by atoms with Crippen LogP contribution in [0.1, 0.15) is 43.9 Å². The zero-order valence-corrected chi connectivity index (χ0v) is 18.6. The fourth-order valence-electron chi connectivity index (χ4n) is 3.53. The van der Waals surface area contributed by atoms with Gasteiger partial charge in [-0.15, -0.1) is 0 Å². The van der Waals surface area contributed by atoms with Gasteiger partial charge in [-0.1, -0.05) is 18.2 Å². The van der Waals surface area contributed by atoms with E-state index in [2.05, 4.69) is 14.2 Å². The molecule has 0 aliphatic carbocycles. The number of methoxy groups -OCH3 is 2. The number of hydrogen-bond donors (Lipinski definition) is 1. The number of carbonyl (C=O) groups excluding carboxylic acids is 3. The Bertz CT molecular complexity index is 1080. The van der Waals surface area contributed by atoms with Crippen LogP contribution < -0.4 is 4.72 Å². The average molecular weight is 461 g/mol. The first kappa shape index (κ1) is 23.4. The number of nitrogens with zero attached hydrogens (tertiary/aromatic N) is 1. The fourth-order valence-corrected chi connectivity index (χ4v) is 4.87. The average Bonchev–Trinajstić information content (AvgIpc) is 2.82. The van der Waals surface area contributed by atoms with Crippen molar-refractivity contribution >= 4 is 27.9 Å². The van der Waals surface area contributed by atoms with Gasteiger partial charge >= 0.3 is 11.9 Å². The van der Waals surface area contributed by atoms with E-state index in [1.54, 1.807) is 29.2 Å². The van der Waals surface area contributed by atoms with Gasteiger partial charge in [-0.3, -0.25) is 4.79 Å². The lowest BCUT2D eigenvalue weighted by Gasteiger charge is -2.33. The Balaban J connectivity index is 1.83. The summed E-state index contributed by atoms with van der Waals surface area (Å²) < 4.78 is 38.0. The maximum absolute atomic E-state index is 13.1. The lowest BCUT2D eigenvalue weighted by Crippen LogP contribution is -2.49. The molecule has 1 aliphatic heterocycles. The number of piperidine rings is 1. The van der Waals surface area contributed by atoms with Crippen LogP contribution in [0, 0.1) is 0 Å². The van der Waals surface area contributed by atoms with Crippen LogP contribution >= 0.6 is 0 Å². The summed E-state index contributed by atoms with van der Waals surface area (Å²) in [6.07, 6.45) is 1.17. The first-order valence-electron chi connectivity index (χ1n) is 9.93. The zero-order chi connectivity index (χ0) is 23.3. The van der Waals surface area contributed by atoms with Gasteiger partial charge in [0.05, 0.1) is 30.2 Å². The van der Waals surface area contributed by atoms with E-state index >= 15 is 0 Å².